The Morgan fingerprint density at radius 1 is 1.07 bits per heavy atom. The zero-order chi connectivity index (χ0) is 21.3. The molecule has 1 amide bonds. The van der Waals surface area contributed by atoms with Crippen LogP contribution in [0.3, 0.4) is 0 Å². The Labute approximate surface area is 178 Å². The van der Waals surface area contributed by atoms with Crippen LogP contribution in [0.2, 0.25) is 5.02 Å². The van der Waals surface area contributed by atoms with E-state index in [4.69, 9.17) is 16.3 Å². The second kappa shape index (κ2) is 8.00. The molecule has 4 rings (SSSR count). The summed E-state index contributed by atoms with van der Waals surface area (Å²) in [6.07, 6.45) is 1.57. The zero-order valence-corrected chi connectivity index (χ0v) is 16.7. The summed E-state index contributed by atoms with van der Waals surface area (Å²) in [7, 11) is 1.48. The predicted octanol–water partition coefficient (Wildman–Crippen LogP) is 4.37. The van der Waals surface area contributed by atoms with Crippen molar-refractivity contribution < 1.29 is 19.4 Å². The molecule has 1 aliphatic heterocycles. The van der Waals surface area contributed by atoms with Gasteiger partial charge in [-0.2, -0.15) is 0 Å². The van der Waals surface area contributed by atoms with E-state index in [1.807, 2.05) is 0 Å². The van der Waals surface area contributed by atoms with Crippen molar-refractivity contribution in [2.45, 2.75) is 6.04 Å². The summed E-state index contributed by atoms with van der Waals surface area (Å²) in [6.45, 7) is 0. The first kappa shape index (κ1) is 19.7. The Morgan fingerprint density at radius 3 is 2.53 bits per heavy atom. The van der Waals surface area contributed by atoms with E-state index in [1.165, 1.54) is 18.1 Å². The minimum absolute atomic E-state index is 0.0631. The van der Waals surface area contributed by atoms with Crippen LogP contribution >= 0.6 is 11.6 Å². The first-order chi connectivity index (χ1) is 14.5. The molecule has 1 saturated heterocycles. The number of anilines is 1. The molecule has 1 unspecified atom stereocenters. The fraction of sp³-hybridized carbons (Fsp3) is 0.0870. The SMILES string of the molecule is COc1ccccc1N1C(=O)C(=O)/C(=C(\O)c2cccc(Cl)c2)C1c1ccccn1. The average Bonchev–Trinajstić information content (AvgIpc) is 3.04. The zero-order valence-electron chi connectivity index (χ0n) is 15.9. The largest absolute Gasteiger partial charge is 0.507 e. The summed E-state index contributed by atoms with van der Waals surface area (Å²) in [5, 5.41) is 11.4. The maximum absolute atomic E-state index is 13.1. The Hall–Kier alpha value is -3.64. The second-order valence-corrected chi connectivity index (χ2v) is 7.04. The number of carbonyl (C=O) groups is 2. The highest BCUT2D eigenvalue weighted by Crippen LogP contribution is 2.44. The third-order valence-corrected chi connectivity index (χ3v) is 5.09. The molecule has 0 saturated carbocycles. The lowest BCUT2D eigenvalue weighted by Crippen LogP contribution is -2.30. The second-order valence-electron chi connectivity index (χ2n) is 6.61. The lowest BCUT2D eigenvalue weighted by atomic mass is 9.98. The molecule has 150 valence electrons. The van der Waals surface area contributed by atoms with E-state index < -0.39 is 17.7 Å². The van der Waals surface area contributed by atoms with Gasteiger partial charge in [0.15, 0.2) is 0 Å². The standard InChI is InChI=1S/C23H17ClN2O4/c1-30-18-11-3-2-10-17(18)26-20(16-9-4-5-12-25-16)19(22(28)23(26)29)21(27)14-7-6-8-15(24)13-14/h2-13,20,27H,1H3/b21-19-. The van der Waals surface area contributed by atoms with Crippen LogP contribution in [0, 0.1) is 0 Å². The minimum Gasteiger partial charge on any atom is -0.507 e. The smallest absolute Gasteiger partial charge is 0.300 e. The lowest BCUT2D eigenvalue weighted by molar-refractivity contribution is -0.132. The highest BCUT2D eigenvalue weighted by Gasteiger charge is 2.48. The van der Waals surface area contributed by atoms with Gasteiger partial charge in [0.25, 0.3) is 11.7 Å². The maximum Gasteiger partial charge on any atom is 0.300 e. The van der Waals surface area contributed by atoms with Crippen molar-refractivity contribution in [3.63, 3.8) is 0 Å². The highest BCUT2D eigenvalue weighted by molar-refractivity contribution is 6.51. The molecule has 0 spiro atoms. The van der Waals surface area contributed by atoms with Gasteiger partial charge in [0.1, 0.15) is 17.6 Å². The molecule has 1 fully saturated rings. The summed E-state index contributed by atoms with van der Waals surface area (Å²) < 4.78 is 5.40. The minimum atomic E-state index is -0.929. The fourth-order valence-electron chi connectivity index (χ4n) is 3.52. The number of ketones is 1. The van der Waals surface area contributed by atoms with Crippen LogP contribution in [0.4, 0.5) is 5.69 Å². The fourth-order valence-corrected chi connectivity index (χ4v) is 3.71. The predicted molar refractivity (Wildman–Crippen MR) is 113 cm³/mol. The molecule has 0 aliphatic carbocycles. The van der Waals surface area contributed by atoms with E-state index in [0.717, 1.165) is 0 Å². The number of methoxy groups -OCH3 is 1. The molecule has 1 atom stereocenters. The number of rotatable bonds is 4. The number of halogens is 1. The van der Waals surface area contributed by atoms with Crippen molar-refractivity contribution in [2.24, 2.45) is 0 Å². The van der Waals surface area contributed by atoms with Crippen molar-refractivity contribution in [1.29, 1.82) is 0 Å². The third-order valence-electron chi connectivity index (χ3n) is 4.86. The molecule has 1 aromatic heterocycles. The van der Waals surface area contributed by atoms with Crippen LogP contribution in [0.1, 0.15) is 17.3 Å². The first-order valence-electron chi connectivity index (χ1n) is 9.14. The number of hydrogen-bond acceptors (Lipinski definition) is 5. The molecule has 6 nitrogen and oxygen atoms in total. The van der Waals surface area contributed by atoms with Gasteiger partial charge in [-0.3, -0.25) is 19.5 Å². The Kier molecular flexibility index (Phi) is 5.25. The molecule has 30 heavy (non-hydrogen) atoms. The normalized spacial score (nSPS) is 17.9. The molecule has 2 heterocycles. The molecule has 1 aliphatic rings. The number of amides is 1. The Balaban J connectivity index is 1.98. The highest BCUT2D eigenvalue weighted by atomic mass is 35.5. The molecule has 2 aromatic carbocycles. The van der Waals surface area contributed by atoms with Gasteiger partial charge in [-0.05, 0) is 36.4 Å². The van der Waals surface area contributed by atoms with Crippen LogP contribution in [-0.4, -0.2) is 28.9 Å². The van der Waals surface area contributed by atoms with E-state index in [2.05, 4.69) is 4.98 Å². The van der Waals surface area contributed by atoms with Gasteiger partial charge in [-0.25, -0.2) is 0 Å². The van der Waals surface area contributed by atoms with Crippen LogP contribution in [0.25, 0.3) is 5.76 Å². The topological polar surface area (TPSA) is 79.7 Å². The number of nitrogens with zero attached hydrogens (tertiary/aromatic N) is 2. The van der Waals surface area contributed by atoms with Gasteiger partial charge >= 0.3 is 0 Å². The van der Waals surface area contributed by atoms with E-state index in [9.17, 15) is 14.7 Å². The van der Waals surface area contributed by atoms with Gasteiger partial charge in [0.05, 0.1) is 24.1 Å². The number of hydrogen-bond donors (Lipinski definition) is 1. The summed E-state index contributed by atoms with van der Waals surface area (Å²) in [5.41, 5.74) is 1.11. The molecule has 0 radical (unpaired) electrons. The van der Waals surface area contributed by atoms with E-state index in [-0.39, 0.29) is 11.3 Å². The van der Waals surface area contributed by atoms with Gasteiger partial charge in [0, 0.05) is 16.8 Å². The van der Waals surface area contributed by atoms with Gasteiger partial charge in [-0.1, -0.05) is 41.9 Å². The van der Waals surface area contributed by atoms with Gasteiger partial charge in [-0.15, -0.1) is 0 Å². The van der Waals surface area contributed by atoms with E-state index in [0.29, 0.717) is 27.7 Å². The monoisotopic (exact) mass is 420 g/mol. The Morgan fingerprint density at radius 2 is 1.83 bits per heavy atom. The molecular weight excluding hydrogens is 404 g/mol. The molecular formula is C23H17ClN2O4. The number of aromatic nitrogens is 1. The number of carbonyl (C=O) groups excluding carboxylic acids is 2. The quantitative estimate of drug-likeness (QED) is 0.385. The molecule has 3 aromatic rings. The van der Waals surface area contributed by atoms with Gasteiger partial charge in [0.2, 0.25) is 0 Å². The van der Waals surface area contributed by atoms with Crippen molar-refractivity contribution >= 4 is 34.7 Å². The number of Topliss-reactive ketones (excluding diaryl/α,β-unsaturated/α-hetero) is 1. The number of para-hydroxylation sites is 2. The molecule has 7 heteroatoms. The van der Waals surface area contributed by atoms with Crippen LogP contribution < -0.4 is 9.64 Å². The number of ether oxygens (including phenoxy) is 1. The van der Waals surface area contributed by atoms with Crippen LogP contribution in [-0.2, 0) is 9.59 Å². The number of benzene rings is 2. The van der Waals surface area contributed by atoms with Crippen LogP contribution in [0.5, 0.6) is 5.75 Å². The molecule has 1 N–H and O–H groups in total. The van der Waals surface area contributed by atoms with E-state index in [1.54, 1.807) is 66.9 Å². The lowest BCUT2D eigenvalue weighted by Gasteiger charge is -2.26. The summed E-state index contributed by atoms with van der Waals surface area (Å²) in [6, 6.07) is 17.6. The van der Waals surface area contributed by atoms with Crippen LogP contribution in [0.15, 0.2) is 78.5 Å². The van der Waals surface area contributed by atoms with E-state index >= 15 is 0 Å². The molecule has 0 bridgehead atoms. The summed E-state index contributed by atoms with van der Waals surface area (Å²) in [5.74, 6) is -1.49. The maximum atomic E-state index is 13.1. The number of pyridine rings is 1. The van der Waals surface area contributed by atoms with Crippen molar-refractivity contribution in [2.75, 3.05) is 12.0 Å². The average molecular weight is 421 g/mol. The number of aliphatic hydroxyl groups excluding tert-OH is 1. The number of aliphatic hydroxyl groups is 1. The summed E-state index contributed by atoms with van der Waals surface area (Å²) >= 11 is 6.05. The summed E-state index contributed by atoms with van der Waals surface area (Å²) in [4.78, 5) is 31.8. The van der Waals surface area contributed by atoms with Crippen molar-refractivity contribution in [3.8, 4) is 5.75 Å². The van der Waals surface area contributed by atoms with Crippen molar-refractivity contribution in [1.82, 2.24) is 4.98 Å². The third kappa shape index (κ3) is 3.31. The van der Waals surface area contributed by atoms with Gasteiger partial charge < -0.3 is 9.84 Å². The Bertz CT molecular complexity index is 1160. The van der Waals surface area contributed by atoms with Crippen molar-refractivity contribution in [3.05, 3.63) is 94.8 Å². The first-order valence-corrected chi connectivity index (χ1v) is 9.51.